The van der Waals surface area contributed by atoms with Gasteiger partial charge in [-0.15, -0.1) is 45.3 Å². The SMILES string of the molecule is c1ccc2c(c1)-c1ccc(N(c3ccc(-c4scc5c4OCCO5)cc3)c3ccc(-c4scc5c4OCCO5)cc3)cc1C21c2ccccc2-c2ccc(N(c3ccc(-c4scc5c4OCCO5)cc3)c3ccc(-c4scc5c4OCCO5)cc3)cc21. The van der Waals surface area contributed by atoms with Crippen molar-refractivity contribution in [3.63, 3.8) is 0 Å². The molecule has 0 fully saturated rings. The van der Waals surface area contributed by atoms with Gasteiger partial charge in [0.05, 0.1) is 24.9 Å². The highest BCUT2D eigenvalue weighted by Gasteiger charge is 2.52. The van der Waals surface area contributed by atoms with Gasteiger partial charge in [-0.3, -0.25) is 0 Å². The molecule has 10 nitrogen and oxygen atoms in total. The first kappa shape index (κ1) is 50.8. The van der Waals surface area contributed by atoms with Crippen LogP contribution in [-0.4, -0.2) is 52.9 Å². The second-order valence-electron chi connectivity index (χ2n) is 22.0. The molecule has 8 aromatic carbocycles. The second-order valence-corrected chi connectivity index (χ2v) is 25.5. The van der Waals surface area contributed by atoms with Gasteiger partial charge < -0.3 is 47.7 Å². The molecule has 4 aromatic heterocycles. The molecule has 18 rings (SSSR count). The van der Waals surface area contributed by atoms with Crippen molar-refractivity contribution in [2.24, 2.45) is 0 Å². The number of hydrogen-bond acceptors (Lipinski definition) is 14. The molecule has 14 heteroatoms. The topological polar surface area (TPSA) is 80.3 Å². The van der Waals surface area contributed by atoms with E-state index in [1.54, 1.807) is 45.3 Å². The Kier molecular flexibility index (Phi) is 11.9. The molecule has 8 heterocycles. The third-order valence-corrected chi connectivity index (χ3v) is 21.3. The van der Waals surface area contributed by atoms with Crippen LogP contribution in [0.15, 0.2) is 204 Å². The average Bonchev–Trinajstić information content (AvgIpc) is 1.53. The molecule has 0 saturated heterocycles. The highest BCUT2D eigenvalue weighted by molar-refractivity contribution is 7.15. The maximum Gasteiger partial charge on any atom is 0.179 e. The summed E-state index contributed by atoms with van der Waals surface area (Å²) in [6.07, 6.45) is 0. The number of rotatable bonds is 10. The van der Waals surface area contributed by atoms with Gasteiger partial charge in [-0.05, 0) is 140 Å². The number of ether oxygens (including phenoxy) is 8. The van der Waals surface area contributed by atoms with Crippen molar-refractivity contribution in [2.75, 3.05) is 62.7 Å². The summed E-state index contributed by atoms with van der Waals surface area (Å²) in [5, 5.41) is 8.20. The quantitative estimate of drug-likeness (QED) is 0.132. The van der Waals surface area contributed by atoms with Crippen LogP contribution in [0.4, 0.5) is 34.1 Å². The van der Waals surface area contributed by atoms with E-state index in [9.17, 15) is 0 Å². The van der Waals surface area contributed by atoms with E-state index >= 15 is 0 Å². The predicted molar refractivity (Wildman–Crippen MR) is 349 cm³/mol. The summed E-state index contributed by atoms with van der Waals surface area (Å²) >= 11 is 6.60. The van der Waals surface area contributed by atoms with Gasteiger partial charge in [0.15, 0.2) is 46.0 Å². The van der Waals surface area contributed by atoms with Gasteiger partial charge in [0.1, 0.15) is 52.9 Å². The maximum absolute atomic E-state index is 6.18. The number of benzene rings is 8. The van der Waals surface area contributed by atoms with Gasteiger partial charge >= 0.3 is 0 Å². The first-order valence-electron chi connectivity index (χ1n) is 29.1. The summed E-state index contributed by atoms with van der Waals surface area (Å²) < 4.78 is 48.6. The molecule has 424 valence electrons. The Morgan fingerprint density at radius 1 is 0.264 bits per heavy atom. The van der Waals surface area contributed by atoms with Crippen LogP contribution in [0.25, 0.3) is 64.0 Å². The summed E-state index contributed by atoms with van der Waals surface area (Å²) in [4.78, 5) is 9.02. The normalized spacial score (nSPS) is 14.9. The molecular weight excluding hydrogens is 1160 g/mol. The van der Waals surface area contributed by atoms with Crippen LogP contribution in [0, 0.1) is 0 Å². The Morgan fingerprint density at radius 2 is 0.529 bits per heavy atom. The van der Waals surface area contributed by atoms with Gasteiger partial charge in [-0.2, -0.15) is 0 Å². The van der Waals surface area contributed by atoms with E-state index in [0.717, 1.165) is 122 Å². The smallest absolute Gasteiger partial charge is 0.179 e. The first-order chi connectivity index (χ1) is 43.1. The van der Waals surface area contributed by atoms with E-state index in [4.69, 9.17) is 37.9 Å². The van der Waals surface area contributed by atoms with Crippen molar-refractivity contribution in [2.45, 2.75) is 5.41 Å². The van der Waals surface area contributed by atoms with Crippen LogP contribution in [-0.2, 0) is 5.41 Å². The number of hydrogen-bond donors (Lipinski definition) is 0. The van der Waals surface area contributed by atoms with Crippen LogP contribution < -0.4 is 47.7 Å². The standard InChI is InChI=1S/C73H50N2O8S4/c1-3-7-57-53(5-1)55-27-25-51(74(47-17-9-43(10-18-47)69-65-61(39-84-69)76-29-33-80-65)48-19-11-44(12-20-48)70-66-62(40-85-70)77-30-34-81-66)37-59(55)73(57)58-8-4-2-6-54(58)56-28-26-52(38-60(56)73)75(49-21-13-45(14-22-49)71-67-63(41-86-71)78-31-35-82-67)50-23-15-46(16-24-50)72-68-64(42-87-72)79-32-36-83-68/h1-28,37-42H,29-36H2. The maximum atomic E-state index is 6.18. The minimum absolute atomic E-state index is 0.529. The zero-order valence-corrected chi connectivity index (χ0v) is 49.8. The van der Waals surface area contributed by atoms with Crippen molar-refractivity contribution in [3.05, 3.63) is 226 Å². The molecule has 2 aliphatic carbocycles. The summed E-state index contributed by atoms with van der Waals surface area (Å²) in [7, 11) is 0. The molecule has 0 unspecified atom stereocenters. The lowest BCUT2D eigenvalue weighted by molar-refractivity contribution is 0.174. The molecular formula is C73H50N2O8S4. The van der Waals surface area contributed by atoms with Crippen LogP contribution in [0.3, 0.4) is 0 Å². The van der Waals surface area contributed by atoms with Gasteiger partial charge in [0, 0.05) is 55.6 Å². The third kappa shape index (κ3) is 8.01. The molecule has 12 aromatic rings. The lowest BCUT2D eigenvalue weighted by atomic mass is 9.70. The fraction of sp³-hybridized carbons (Fsp3) is 0.123. The molecule has 0 atom stereocenters. The van der Waals surface area contributed by atoms with Gasteiger partial charge in [-0.1, -0.05) is 109 Å². The highest BCUT2D eigenvalue weighted by Crippen LogP contribution is 2.64. The van der Waals surface area contributed by atoms with Crippen LogP contribution in [0.5, 0.6) is 46.0 Å². The lowest BCUT2D eigenvalue weighted by Crippen LogP contribution is -2.26. The largest absolute Gasteiger partial charge is 0.485 e. The summed E-state index contributed by atoms with van der Waals surface area (Å²) in [6, 6.07) is 67.7. The molecule has 1 spiro atoms. The number of thiophene rings is 4. The Hall–Kier alpha value is -9.44. The van der Waals surface area contributed by atoms with Crippen molar-refractivity contribution >= 4 is 79.5 Å². The van der Waals surface area contributed by atoms with E-state index in [1.807, 2.05) is 21.5 Å². The number of nitrogens with zero attached hydrogens (tertiary/aromatic N) is 2. The van der Waals surface area contributed by atoms with Crippen LogP contribution in [0.2, 0.25) is 0 Å². The molecule has 87 heavy (non-hydrogen) atoms. The third-order valence-electron chi connectivity index (χ3n) is 17.3. The van der Waals surface area contributed by atoms with Crippen LogP contribution >= 0.6 is 45.3 Å². The van der Waals surface area contributed by atoms with Crippen molar-refractivity contribution < 1.29 is 37.9 Å². The van der Waals surface area contributed by atoms with Gasteiger partial charge in [0.25, 0.3) is 0 Å². The molecule has 0 radical (unpaired) electrons. The lowest BCUT2D eigenvalue weighted by Gasteiger charge is -2.33. The molecule has 6 aliphatic rings. The van der Waals surface area contributed by atoms with Gasteiger partial charge in [0.2, 0.25) is 0 Å². The Morgan fingerprint density at radius 3 is 0.839 bits per heavy atom. The van der Waals surface area contributed by atoms with Crippen molar-refractivity contribution in [1.29, 1.82) is 0 Å². The minimum Gasteiger partial charge on any atom is -0.485 e. The fourth-order valence-electron chi connectivity index (χ4n) is 13.6. The number of anilines is 6. The fourth-order valence-corrected chi connectivity index (χ4v) is 17.3. The Balaban J connectivity index is 0.799. The van der Waals surface area contributed by atoms with Crippen molar-refractivity contribution in [1.82, 2.24) is 0 Å². The van der Waals surface area contributed by atoms with E-state index < -0.39 is 5.41 Å². The van der Waals surface area contributed by atoms with Crippen LogP contribution in [0.1, 0.15) is 22.3 Å². The zero-order valence-electron chi connectivity index (χ0n) is 46.6. The van der Waals surface area contributed by atoms with E-state index in [0.29, 0.717) is 52.9 Å². The number of fused-ring (bicyclic) bond motifs is 14. The summed E-state index contributed by atoms with van der Waals surface area (Å²) in [5.41, 5.74) is 19.6. The predicted octanol–water partition coefficient (Wildman–Crippen LogP) is 19.0. The highest BCUT2D eigenvalue weighted by atomic mass is 32.1. The second kappa shape index (κ2) is 20.3. The molecule has 0 N–H and O–H groups in total. The van der Waals surface area contributed by atoms with Gasteiger partial charge in [-0.25, -0.2) is 0 Å². The van der Waals surface area contributed by atoms with E-state index in [1.165, 1.54) is 44.5 Å². The Labute approximate surface area is 517 Å². The molecule has 4 aliphatic heterocycles. The van der Waals surface area contributed by atoms with Crippen molar-refractivity contribution in [3.8, 4) is 110 Å². The van der Waals surface area contributed by atoms with E-state index in [2.05, 4.69) is 192 Å². The van der Waals surface area contributed by atoms with E-state index in [-0.39, 0.29) is 0 Å². The molecule has 0 bridgehead atoms. The summed E-state index contributed by atoms with van der Waals surface area (Å²) in [6.45, 7) is 4.32. The first-order valence-corrected chi connectivity index (χ1v) is 32.6. The average molecular weight is 1210 g/mol. The molecule has 0 amide bonds. The minimum atomic E-state index is -0.690. The Bertz CT molecular complexity index is 4190. The monoisotopic (exact) mass is 1210 g/mol. The molecule has 0 saturated carbocycles. The summed E-state index contributed by atoms with van der Waals surface area (Å²) in [5.74, 6) is 6.49. The zero-order chi connectivity index (χ0) is 57.2.